The smallest absolute Gasteiger partial charge is 0.264 e. The summed E-state index contributed by atoms with van der Waals surface area (Å²) in [7, 11) is -3.87. The van der Waals surface area contributed by atoms with Crippen LogP contribution in [0.4, 0.5) is 11.4 Å². The fourth-order valence-corrected chi connectivity index (χ4v) is 4.46. The second-order valence-corrected chi connectivity index (χ2v) is 8.93. The number of anilines is 2. The van der Waals surface area contributed by atoms with Gasteiger partial charge in [0.2, 0.25) is 0 Å². The molecule has 3 rings (SSSR count). The van der Waals surface area contributed by atoms with Crippen LogP contribution in [-0.4, -0.2) is 20.9 Å². The molecule has 3 aromatic carbocycles. The van der Waals surface area contributed by atoms with E-state index in [0.717, 1.165) is 4.47 Å². The summed E-state index contributed by atoms with van der Waals surface area (Å²) in [6, 6.07) is 21.9. The molecule has 5 nitrogen and oxygen atoms in total. The highest BCUT2D eigenvalue weighted by atomic mass is 79.9. The van der Waals surface area contributed by atoms with E-state index < -0.39 is 10.0 Å². The number of para-hydroxylation sites is 1. The Balaban J connectivity index is 1.91. The summed E-state index contributed by atoms with van der Waals surface area (Å²) in [4.78, 5) is 12.6. The van der Waals surface area contributed by atoms with Crippen LogP contribution in [0.2, 0.25) is 0 Å². The summed E-state index contributed by atoms with van der Waals surface area (Å²) in [5.74, 6) is -0.389. The molecule has 0 aromatic heterocycles. The Morgan fingerprint density at radius 3 is 2.34 bits per heavy atom. The van der Waals surface area contributed by atoms with Crippen molar-refractivity contribution in [2.45, 2.75) is 4.90 Å². The molecule has 0 radical (unpaired) electrons. The van der Waals surface area contributed by atoms with Crippen LogP contribution in [0.25, 0.3) is 0 Å². The Morgan fingerprint density at radius 1 is 1.00 bits per heavy atom. The van der Waals surface area contributed by atoms with Crippen molar-refractivity contribution in [1.29, 1.82) is 0 Å². The van der Waals surface area contributed by atoms with Gasteiger partial charge in [-0.25, -0.2) is 8.42 Å². The summed E-state index contributed by atoms with van der Waals surface area (Å²) < 4.78 is 28.6. The first-order chi connectivity index (χ1) is 13.9. The van der Waals surface area contributed by atoms with E-state index in [4.69, 9.17) is 0 Å². The lowest BCUT2D eigenvalue weighted by Crippen LogP contribution is -2.31. The number of nitrogens with one attached hydrogen (secondary N) is 1. The van der Waals surface area contributed by atoms with Crippen LogP contribution >= 0.6 is 15.9 Å². The maximum Gasteiger partial charge on any atom is 0.264 e. The van der Waals surface area contributed by atoms with E-state index in [1.165, 1.54) is 22.5 Å². The van der Waals surface area contributed by atoms with Crippen molar-refractivity contribution in [3.8, 4) is 0 Å². The first-order valence-electron chi connectivity index (χ1n) is 8.77. The van der Waals surface area contributed by atoms with E-state index in [9.17, 15) is 13.2 Å². The van der Waals surface area contributed by atoms with Gasteiger partial charge in [0, 0.05) is 15.7 Å². The van der Waals surface area contributed by atoms with Crippen molar-refractivity contribution in [2.75, 3.05) is 16.2 Å². The topological polar surface area (TPSA) is 66.5 Å². The van der Waals surface area contributed by atoms with Crippen molar-refractivity contribution in [1.82, 2.24) is 0 Å². The van der Waals surface area contributed by atoms with Gasteiger partial charge in [0.25, 0.3) is 15.9 Å². The number of carbonyl (C=O) groups excluding carboxylic acids is 1. The van der Waals surface area contributed by atoms with Crippen molar-refractivity contribution in [3.63, 3.8) is 0 Å². The first-order valence-corrected chi connectivity index (χ1v) is 11.0. The molecule has 0 aliphatic rings. The number of nitrogens with zero attached hydrogens (tertiary/aromatic N) is 1. The van der Waals surface area contributed by atoms with Gasteiger partial charge in [0.05, 0.1) is 17.1 Å². The lowest BCUT2D eigenvalue weighted by molar-refractivity contribution is 0.102. The minimum absolute atomic E-state index is 0.0339. The lowest BCUT2D eigenvalue weighted by atomic mass is 10.2. The van der Waals surface area contributed by atoms with Gasteiger partial charge < -0.3 is 5.32 Å². The van der Waals surface area contributed by atoms with E-state index in [2.05, 4.69) is 27.8 Å². The highest BCUT2D eigenvalue weighted by Crippen LogP contribution is 2.24. The van der Waals surface area contributed by atoms with Crippen LogP contribution in [0.5, 0.6) is 0 Å². The van der Waals surface area contributed by atoms with E-state index in [-0.39, 0.29) is 22.9 Å². The maximum atomic E-state index is 13.2. The van der Waals surface area contributed by atoms with Gasteiger partial charge in [0.1, 0.15) is 0 Å². The first kappa shape index (κ1) is 20.8. The molecule has 0 spiro atoms. The largest absolute Gasteiger partial charge is 0.322 e. The molecule has 0 saturated heterocycles. The zero-order valence-electron chi connectivity index (χ0n) is 15.5. The second kappa shape index (κ2) is 9.07. The van der Waals surface area contributed by atoms with Gasteiger partial charge in [-0.1, -0.05) is 46.3 Å². The van der Waals surface area contributed by atoms with Crippen LogP contribution < -0.4 is 9.62 Å². The van der Waals surface area contributed by atoms with E-state index in [0.29, 0.717) is 11.4 Å². The zero-order chi connectivity index (χ0) is 20.9. The van der Waals surface area contributed by atoms with Gasteiger partial charge in [-0.05, 0) is 54.6 Å². The molecule has 148 valence electrons. The number of hydrogen-bond acceptors (Lipinski definition) is 3. The third kappa shape index (κ3) is 4.93. The minimum Gasteiger partial charge on any atom is -0.322 e. The van der Waals surface area contributed by atoms with Crippen LogP contribution in [-0.2, 0) is 10.0 Å². The van der Waals surface area contributed by atoms with Crippen molar-refractivity contribution < 1.29 is 13.2 Å². The normalized spacial score (nSPS) is 10.9. The Hall–Kier alpha value is -2.90. The lowest BCUT2D eigenvalue weighted by Gasteiger charge is -2.23. The molecule has 3 aromatic rings. The van der Waals surface area contributed by atoms with Crippen molar-refractivity contribution >= 4 is 43.2 Å². The molecule has 0 aliphatic heterocycles. The SMILES string of the molecule is C=CCN(c1ccccc1)S(=O)(=O)c1cccc(C(=O)Nc2ccc(Br)cc2)c1. The van der Waals surface area contributed by atoms with Gasteiger partial charge >= 0.3 is 0 Å². The summed E-state index contributed by atoms with van der Waals surface area (Å²) >= 11 is 3.34. The molecule has 1 amide bonds. The van der Waals surface area contributed by atoms with E-state index in [1.54, 1.807) is 48.5 Å². The average molecular weight is 471 g/mol. The third-order valence-corrected chi connectivity index (χ3v) is 6.44. The molecule has 7 heteroatoms. The Morgan fingerprint density at radius 2 is 1.69 bits per heavy atom. The van der Waals surface area contributed by atoms with Crippen LogP contribution in [0, 0.1) is 0 Å². The fraction of sp³-hybridized carbons (Fsp3) is 0.0455. The Bertz CT molecular complexity index is 1110. The number of hydrogen-bond donors (Lipinski definition) is 1. The predicted molar refractivity (Wildman–Crippen MR) is 120 cm³/mol. The predicted octanol–water partition coefficient (Wildman–Crippen LogP) is 5.08. The molecular weight excluding hydrogens is 452 g/mol. The minimum atomic E-state index is -3.87. The average Bonchev–Trinajstić information content (AvgIpc) is 2.74. The van der Waals surface area contributed by atoms with Crippen LogP contribution in [0.3, 0.4) is 0 Å². The molecular formula is C22H19BrN2O3S. The number of halogens is 1. The molecule has 0 unspecified atom stereocenters. The molecule has 1 N–H and O–H groups in total. The Kier molecular flexibility index (Phi) is 6.51. The van der Waals surface area contributed by atoms with Gasteiger partial charge in [-0.3, -0.25) is 9.10 Å². The highest BCUT2D eigenvalue weighted by molar-refractivity contribution is 9.10. The third-order valence-electron chi connectivity index (χ3n) is 4.13. The standard InChI is InChI=1S/C22H19BrN2O3S/c1-2-15-25(20-8-4-3-5-9-20)29(27,28)21-10-6-7-17(16-21)22(26)24-19-13-11-18(23)12-14-19/h2-14,16H,1,15H2,(H,24,26). The second-order valence-electron chi connectivity index (χ2n) is 6.15. The highest BCUT2D eigenvalue weighted by Gasteiger charge is 2.24. The summed E-state index contributed by atoms with van der Waals surface area (Å²) in [5.41, 5.74) is 1.39. The van der Waals surface area contributed by atoms with Gasteiger partial charge in [0.15, 0.2) is 0 Å². The number of benzene rings is 3. The molecule has 0 aliphatic carbocycles. The monoisotopic (exact) mass is 470 g/mol. The van der Waals surface area contributed by atoms with E-state index in [1.807, 2.05) is 18.2 Å². The summed E-state index contributed by atoms with van der Waals surface area (Å²) in [5, 5.41) is 2.77. The number of rotatable bonds is 7. The quantitative estimate of drug-likeness (QED) is 0.489. The van der Waals surface area contributed by atoms with Crippen LogP contribution in [0.15, 0.2) is 101 Å². The van der Waals surface area contributed by atoms with Crippen molar-refractivity contribution in [2.24, 2.45) is 0 Å². The Labute approximate surface area is 178 Å². The number of sulfonamides is 1. The molecule has 0 saturated carbocycles. The molecule has 0 fully saturated rings. The van der Waals surface area contributed by atoms with Gasteiger partial charge in [-0.2, -0.15) is 0 Å². The van der Waals surface area contributed by atoms with Gasteiger partial charge in [-0.15, -0.1) is 6.58 Å². The maximum absolute atomic E-state index is 13.2. The van der Waals surface area contributed by atoms with Crippen LogP contribution in [0.1, 0.15) is 10.4 Å². The molecule has 0 bridgehead atoms. The molecule has 0 atom stereocenters. The number of carbonyl (C=O) groups is 1. The van der Waals surface area contributed by atoms with Crippen molar-refractivity contribution in [3.05, 3.63) is 102 Å². The fourth-order valence-electron chi connectivity index (χ4n) is 2.72. The van der Waals surface area contributed by atoms with E-state index >= 15 is 0 Å². The molecule has 0 heterocycles. The molecule has 29 heavy (non-hydrogen) atoms. The number of amides is 1. The summed E-state index contributed by atoms with van der Waals surface area (Å²) in [6.07, 6.45) is 1.52. The summed E-state index contributed by atoms with van der Waals surface area (Å²) in [6.45, 7) is 3.77. The zero-order valence-corrected chi connectivity index (χ0v) is 17.9.